The maximum absolute atomic E-state index is 5.33. The second-order valence-electron chi connectivity index (χ2n) is 3.45. The lowest BCUT2D eigenvalue weighted by Gasteiger charge is -2.26. The zero-order valence-corrected chi connectivity index (χ0v) is 8.42. The molecular weight excluding hydrogens is 176 g/mol. The Labute approximate surface area is 84.5 Å². The smallest absolute Gasteiger partial charge is 0.123 e. The summed E-state index contributed by atoms with van der Waals surface area (Å²) < 4.78 is 5.33. The highest BCUT2D eigenvalue weighted by atomic mass is 16.5. The van der Waals surface area contributed by atoms with Gasteiger partial charge >= 0.3 is 0 Å². The zero-order chi connectivity index (χ0) is 9.80. The molecule has 1 atom stereocenters. The topological polar surface area (TPSA) is 33.3 Å². The van der Waals surface area contributed by atoms with E-state index in [1.807, 2.05) is 18.2 Å². The number of hydrogen-bond donors (Lipinski definition) is 2. The predicted octanol–water partition coefficient (Wildman–Crippen LogP) is 0.929. The third kappa shape index (κ3) is 1.89. The van der Waals surface area contributed by atoms with Gasteiger partial charge in [0.05, 0.1) is 7.11 Å². The molecule has 1 heterocycles. The predicted molar refractivity (Wildman–Crippen MR) is 56.6 cm³/mol. The summed E-state index contributed by atoms with van der Waals surface area (Å²) in [5.41, 5.74) is 1.24. The number of hydrogen-bond acceptors (Lipinski definition) is 3. The molecule has 14 heavy (non-hydrogen) atoms. The number of nitrogens with one attached hydrogen (secondary N) is 2. The van der Waals surface area contributed by atoms with Gasteiger partial charge in [-0.25, -0.2) is 0 Å². The van der Waals surface area contributed by atoms with Gasteiger partial charge in [0.2, 0.25) is 0 Å². The van der Waals surface area contributed by atoms with Crippen molar-refractivity contribution < 1.29 is 4.74 Å². The molecule has 0 amide bonds. The fourth-order valence-electron chi connectivity index (χ4n) is 1.83. The van der Waals surface area contributed by atoms with E-state index in [0.717, 1.165) is 25.4 Å². The number of para-hydroxylation sites is 1. The minimum Gasteiger partial charge on any atom is -0.496 e. The summed E-state index contributed by atoms with van der Waals surface area (Å²) in [5.74, 6) is 0.966. The molecule has 1 aromatic carbocycles. The molecule has 0 saturated carbocycles. The minimum absolute atomic E-state index is 0.375. The van der Waals surface area contributed by atoms with Crippen LogP contribution < -0.4 is 15.4 Å². The van der Waals surface area contributed by atoms with E-state index in [2.05, 4.69) is 16.7 Å². The van der Waals surface area contributed by atoms with Gasteiger partial charge in [-0.15, -0.1) is 0 Å². The molecule has 0 bridgehead atoms. The van der Waals surface area contributed by atoms with E-state index in [4.69, 9.17) is 4.74 Å². The van der Waals surface area contributed by atoms with E-state index in [0.29, 0.717) is 6.04 Å². The second-order valence-corrected chi connectivity index (χ2v) is 3.45. The van der Waals surface area contributed by atoms with Crippen LogP contribution in [0.1, 0.15) is 11.6 Å². The van der Waals surface area contributed by atoms with Gasteiger partial charge in [-0.05, 0) is 6.07 Å². The Balaban J connectivity index is 2.20. The second kappa shape index (κ2) is 4.44. The van der Waals surface area contributed by atoms with Gasteiger partial charge in [-0.3, -0.25) is 0 Å². The fourth-order valence-corrected chi connectivity index (χ4v) is 1.83. The van der Waals surface area contributed by atoms with Gasteiger partial charge in [-0.2, -0.15) is 0 Å². The Bertz CT molecular complexity index is 295. The van der Waals surface area contributed by atoms with Crippen molar-refractivity contribution in [2.75, 3.05) is 26.7 Å². The maximum atomic E-state index is 5.33. The highest BCUT2D eigenvalue weighted by Gasteiger charge is 2.17. The average molecular weight is 192 g/mol. The van der Waals surface area contributed by atoms with Crippen LogP contribution in [0.4, 0.5) is 0 Å². The molecule has 3 nitrogen and oxygen atoms in total. The molecule has 0 aliphatic carbocycles. The lowest BCUT2D eigenvalue weighted by Crippen LogP contribution is -2.42. The number of benzene rings is 1. The number of rotatable bonds is 2. The van der Waals surface area contributed by atoms with E-state index in [1.165, 1.54) is 5.56 Å². The van der Waals surface area contributed by atoms with Gasteiger partial charge in [0.1, 0.15) is 5.75 Å². The summed E-state index contributed by atoms with van der Waals surface area (Å²) in [5, 5.41) is 6.83. The summed E-state index contributed by atoms with van der Waals surface area (Å²) in [4.78, 5) is 0. The van der Waals surface area contributed by atoms with Crippen LogP contribution in [0.3, 0.4) is 0 Å². The van der Waals surface area contributed by atoms with Gasteiger partial charge < -0.3 is 15.4 Å². The van der Waals surface area contributed by atoms with Crippen LogP contribution in [0, 0.1) is 0 Å². The summed E-state index contributed by atoms with van der Waals surface area (Å²) in [7, 11) is 1.72. The Morgan fingerprint density at radius 1 is 1.29 bits per heavy atom. The normalized spacial score (nSPS) is 21.9. The Morgan fingerprint density at radius 2 is 2.14 bits per heavy atom. The number of piperazine rings is 1. The van der Waals surface area contributed by atoms with Crippen LogP contribution in [0.25, 0.3) is 0 Å². The van der Waals surface area contributed by atoms with E-state index < -0.39 is 0 Å². The van der Waals surface area contributed by atoms with Gasteiger partial charge in [-0.1, -0.05) is 18.2 Å². The first-order valence-corrected chi connectivity index (χ1v) is 4.99. The maximum Gasteiger partial charge on any atom is 0.123 e. The van der Waals surface area contributed by atoms with Crippen LogP contribution in [0.5, 0.6) is 5.75 Å². The number of ether oxygens (including phenoxy) is 1. The van der Waals surface area contributed by atoms with Crippen molar-refractivity contribution in [3.05, 3.63) is 29.8 Å². The SMILES string of the molecule is COc1ccccc1[C@@H]1CNCCN1. The molecule has 1 aliphatic rings. The Kier molecular flexibility index (Phi) is 3.01. The third-order valence-corrected chi connectivity index (χ3v) is 2.56. The molecule has 2 N–H and O–H groups in total. The number of methoxy groups -OCH3 is 1. The highest BCUT2D eigenvalue weighted by Crippen LogP contribution is 2.24. The summed E-state index contributed by atoms with van der Waals surface area (Å²) in [6, 6.07) is 8.54. The minimum atomic E-state index is 0.375. The Morgan fingerprint density at radius 3 is 2.86 bits per heavy atom. The molecule has 0 spiro atoms. The molecule has 0 unspecified atom stereocenters. The molecule has 0 aromatic heterocycles. The van der Waals surface area contributed by atoms with Crippen LogP contribution >= 0.6 is 0 Å². The van der Waals surface area contributed by atoms with Crippen molar-refractivity contribution in [1.29, 1.82) is 0 Å². The van der Waals surface area contributed by atoms with E-state index in [9.17, 15) is 0 Å². The first kappa shape index (κ1) is 9.49. The average Bonchev–Trinajstić information content (AvgIpc) is 2.30. The fraction of sp³-hybridized carbons (Fsp3) is 0.455. The van der Waals surface area contributed by atoms with Crippen molar-refractivity contribution >= 4 is 0 Å². The molecule has 3 heteroatoms. The lowest BCUT2D eigenvalue weighted by atomic mass is 10.0. The van der Waals surface area contributed by atoms with Crippen molar-refractivity contribution in [2.45, 2.75) is 6.04 Å². The quantitative estimate of drug-likeness (QED) is 0.731. The van der Waals surface area contributed by atoms with Gasteiger partial charge in [0.15, 0.2) is 0 Å². The van der Waals surface area contributed by atoms with E-state index >= 15 is 0 Å². The summed E-state index contributed by atoms with van der Waals surface area (Å²) in [6.07, 6.45) is 0. The van der Waals surface area contributed by atoms with Crippen LogP contribution in [0.15, 0.2) is 24.3 Å². The molecule has 0 radical (unpaired) electrons. The molecule has 1 saturated heterocycles. The van der Waals surface area contributed by atoms with Crippen molar-refractivity contribution in [3.8, 4) is 5.75 Å². The molecule has 2 rings (SSSR count). The van der Waals surface area contributed by atoms with Crippen LogP contribution in [0.2, 0.25) is 0 Å². The van der Waals surface area contributed by atoms with Crippen LogP contribution in [-0.2, 0) is 0 Å². The molecular formula is C11H16N2O. The van der Waals surface area contributed by atoms with Crippen LogP contribution in [-0.4, -0.2) is 26.7 Å². The first-order chi connectivity index (χ1) is 6.92. The van der Waals surface area contributed by atoms with Gasteiger partial charge in [0, 0.05) is 31.2 Å². The zero-order valence-electron chi connectivity index (χ0n) is 8.42. The lowest BCUT2D eigenvalue weighted by molar-refractivity contribution is 0.382. The van der Waals surface area contributed by atoms with Crippen molar-refractivity contribution in [1.82, 2.24) is 10.6 Å². The summed E-state index contributed by atoms with van der Waals surface area (Å²) >= 11 is 0. The van der Waals surface area contributed by atoms with Crippen molar-refractivity contribution in [2.24, 2.45) is 0 Å². The van der Waals surface area contributed by atoms with E-state index in [1.54, 1.807) is 7.11 Å². The Hall–Kier alpha value is -1.06. The summed E-state index contributed by atoms with van der Waals surface area (Å²) in [6.45, 7) is 3.04. The monoisotopic (exact) mass is 192 g/mol. The molecule has 1 aliphatic heterocycles. The van der Waals surface area contributed by atoms with Gasteiger partial charge in [0.25, 0.3) is 0 Å². The standard InChI is InChI=1S/C11H16N2O/c1-14-11-5-3-2-4-9(11)10-8-12-6-7-13-10/h2-5,10,12-13H,6-8H2,1H3/t10-/m0/s1. The first-order valence-electron chi connectivity index (χ1n) is 4.99. The third-order valence-electron chi connectivity index (χ3n) is 2.56. The van der Waals surface area contributed by atoms with Crippen molar-refractivity contribution in [3.63, 3.8) is 0 Å². The molecule has 1 aromatic rings. The largest absolute Gasteiger partial charge is 0.496 e. The van der Waals surface area contributed by atoms with E-state index in [-0.39, 0.29) is 0 Å². The highest BCUT2D eigenvalue weighted by molar-refractivity contribution is 5.36. The molecule has 1 fully saturated rings. The molecule has 76 valence electrons.